The lowest BCUT2D eigenvalue weighted by Crippen LogP contribution is -2.49. The highest BCUT2D eigenvalue weighted by Crippen LogP contribution is 2.35. The molecule has 2 fully saturated rings. The number of guanidine groups is 1. The van der Waals surface area contributed by atoms with Gasteiger partial charge in [-0.15, -0.1) is 0 Å². The van der Waals surface area contributed by atoms with Gasteiger partial charge in [0, 0.05) is 39.3 Å². The summed E-state index contributed by atoms with van der Waals surface area (Å²) in [7, 11) is 1.68. The van der Waals surface area contributed by atoms with E-state index in [-0.39, 0.29) is 12.4 Å². The summed E-state index contributed by atoms with van der Waals surface area (Å²) in [6, 6.07) is 5.58. The number of hydrogen-bond donors (Lipinski definition) is 2. The summed E-state index contributed by atoms with van der Waals surface area (Å²) < 4.78 is 49.8. The molecule has 2 heterocycles. The molecule has 0 spiro atoms. The Bertz CT molecular complexity index is 685. The van der Waals surface area contributed by atoms with Gasteiger partial charge < -0.3 is 25.0 Å². The van der Waals surface area contributed by atoms with Crippen LogP contribution in [0.4, 0.5) is 13.2 Å². The second kappa shape index (κ2) is 10.9. The normalized spacial score (nSPS) is 21.6. The van der Waals surface area contributed by atoms with Crippen molar-refractivity contribution in [3.05, 3.63) is 29.8 Å². The fourth-order valence-corrected chi connectivity index (χ4v) is 3.90. The van der Waals surface area contributed by atoms with Crippen LogP contribution in [0.15, 0.2) is 29.3 Å². The third kappa shape index (κ3) is 6.77. The van der Waals surface area contributed by atoms with Crippen LogP contribution in [-0.4, -0.2) is 69.9 Å². The van der Waals surface area contributed by atoms with E-state index in [1.807, 2.05) is 0 Å². The SMILES string of the molecule is CN=C(NCCOc1ccccc1C(F)(F)F)NC1CCN(CC2CCOC2)CC1. The zero-order chi connectivity index (χ0) is 21.4. The Morgan fingerprint density at radius 1 is 1.23 bits per heavy atom. The van der Waals surface area contributed by atoms with Gasteiger partial charge in [-0.3, -0.25) is 4.99 Å². The molecule has 0 saturated carbocycles. The summed E-state index contributed by atoms with van der Waals surface area (Å²) in [5.41, 5.74) is -0.761. The maximum absolute atomic E-state index is 13.0. The van der Waals surface area contributed by atoms with E-state index >= 15 is 0 Å². The van der Waals surface area contributed by atoms with Crippen molar-refractivity contribution in [1.29, 1.82) is 0 Å². The number of piperidine rings is 1. The van der Waals surface area contributed by atoms with Crippen molar-refractivity contribution in [3.8, 4) is 5.75 Å². The van der Waals surface area contributed by atoms with E-state index in [0.29, 0.717) is 24.5 Å². The van der Waals surface area contributed by atoms with Crippen LogP contribution in [0.1, 0.15) is 24.8 Å². The lowest BCUT2D eigenvalue weighted by atomic mass is 10.0. The Morgan fingerprint density at radius 3 is 2.67 bits per heavy atom. The quantitative estimate of drug-likeness (QED) is 0.397. The highest BCUT2D eigenvalue weighted by molar-refractivity contribution is 5.79. The highest BCUT2D eigenvalue weighted by atomic mass is 19.4. The fraction of sp³-hybridized carbons (Fsp3) is 0.667. The van der Waals surface area contributed by atoms with Crippen LogP contribution in [0.5, 0.6) is 5.75 Å². The fourth-order valence-electron chi connectivity index (χ4n) is 3.90. The molecule has 3 rings (SSSR count). The van der Waals surface area contributed by atoms with Gasteiger partial charge in [0.25, 0.3) is 0 Å². The van der Waals surface area contributed by atoms with Gasteiger partial charge in [-0.05, 0) is 37.3 Å². The molecule has 2 aliphatic heterocycles. The van der Waals surface area contributed by atoms with E-state index in [4.69, 9.17) is 9.47 Å². The number of benzene rings is 1. The Balaban J connectivity index is 1.36. The number of rotatable bonds is 7. The van der Waals surface area contributed by atoms with Crippen LogP contribution in [0.25, 0.3) is 0 Å². The zero-order valence-electron chi connectivity index (χ0n) is 17.4. The number of likely N-dealkylation sites (tertiary alicyclic amines) is 1. The molecule has 2 aliphatic rings. The summed E-state index contributed by atoms with van der Waals surface area (Å²) in [5.74, 6) is 1.14. The number of aliphatic imine (C=N–C) groups is 1. The first-order valence-electron chi connectivity index (χ1n) is 10.5. The molecule has 1 atom stereocenters. The van der Waals surface area contributed by atoms with Crippen molar-refractivity contribution in [2.45, 2.75) is 31.5 Å². The molecule has 30 heavy (non-hydrogen) atoms. The summed E-state index contributed by atoms with van der Waals surface area (Å²) in [6.07, 6.45) is -1.21. The first-order valence-corrected chi connectivity index (χ1v) is 10.5. The molecule has 9 heteroatoms. The molecule has 0 aliphatic carbocycles. The monoisotopic (exact) mass is 428 g/mol. The average molecular weight is 428 g/mol. The molecule has 1 aromatic carbocycles. The van der Waals surface area contributed by atoms with Gasteiger partial charge in [-0.1, -0.05) is 12.1 Å². The van der Waals surface area contributed by atoms with Crippen molar-refractivity contribution in [2.75, 3.05) is 53.0 Å². The minimum Gasteiger partial charge on any atom is -0.491 e. The van der Waals surface area contributed by atoms with Crippen LogP contribution in [0.3, 0.4) is 0 Å². The van der Waals surface area contributed by atoms with Gasteiger partial charge in [0.1, 0.15) is 12.4 Å². The summed E-state index contributed by atoms with van der Waals surface area (Å²) >= 11 is 0. The van der Waals surface area contributed by atoms with Gasteiger partial charge in [0.15, 0.2) is 5.96 Å². The van der Waals surface area contributed by atoms with Crippen molar-refractivity contribution in [3.63, 3.8) is 0 Å². The molecule has 6 nitrogen and oxygen atoms in total. The number of para-hydroxylation sites is 1. The van der Waals surface area contributed by atoms with Gasteiger partial charge in [-0.25, -0.2) is 0 Å². The summed E-state index contributed by atoms with van der Waals surface area (Å²) in [5, 5.41) is 6.52. The molecule has 168 valence electrons. The smallest absolute Gasteiger partial charge is 0.419 e. The largest absolute Gasteiger partial charge is 0.491 e. The molecule has 0 aromatic heterocycles. The number of halogens is 3. The minimum atomic E-state index is -4.43. The molecular formula is C21H31F3N4O2. The summed E-state index contributed by atoms with van der Waals surface area (Å²) in [4.78, 5) is 6.71. The Kier molecular flexibility index (Phi) is 8.21. The Labute approximate surface area is 175 Å². The molecule has 2 saturated heterocycles. The number of alkyl halides is 3. The zero-order valence-corrected chi connectivity index (χ0v) is 17.4. The molecule has 1 unspecified atom stereocenters. The number of hydrogen-bond acceptors (Lipinski definition) is 4. The molecule has 1 aromatic rings. The molecule has 0 bridgehead atoms. The molecule has 0 amide bonds. The lowest BCUT2D eigenvalue weighted by molar-refractivity contribution is -0.138. The molecule has 0 radical (unpaired) electrons. The van der Waals surface area contributed by atoms with Gasteiger partial charge in [-0.2, -0.15) is 13.2 Å². The van der Waals surface area contributed by atoms with Gasteiger partial charge in [0.2, 0.25) is 0 Å². The van der Waals surface area contributed by atoms with Crippen LogP contribution in [0.2, 0.25) is 0 Å². The first kappa shape index (κ1) is 22.7. The first-order chi connectivity index (χ1) is 14.5. The third-order valence-corrected chi connectivity index (χ3v) is 5.54. The second-order valence-electron chi connectivity index (χ2n) is 7.79. The van der Waals surface area contributed by atoms with Gasteiger partial charge >= 0.3 is 6.18 Å². The molecular weight excluding hydrogens is 397 g/mol. The average Bonchev–Trinajstić information content (AvgIpc) is 3.24. The van der Waals surface area contributed by atoms with Crippen molar-refractivity contribution in [1.82, 2.24) is 15.5 Å². The lowest BCUT2D eigenvalue weighted by Gasteiger charge is -2.34. The van der Waals surface area contributed by atoms with Crippen LogP contribution in [0, 0.1) is 5.92 Å². The van der Waals surface area contributed by atoms with Crippen molar-refractivity contribution in [2.24, 2.45) is 10.9 Å². The van der Waals surface area contributed by atoms with Crippen LogP contribution in [-0.2, 0) is 10.9 Å². The van der Waals surface area contributed by atoms with Crippen molar-refractivity contribution >= 4 is 5.96 Å². The minimum absolute atomic E-state index is 0.107. The number of nitrogens with one attached hydrogen (secondary N) is 2. The maximum atomic E-state index is 13.0. The highest BCUT2D eigenvalue weighted by Gasteiger charge is 2.34. The standard InChI is InChI=1S/C21H31F3N4O2/c1-25-20(26-9-13-30-19-5-3-2-4-18(19)21(22,23)24)27-17-6-10-28(11-7-17)14-16-8-12-29-15-16/h2-5,16-17H,6-15H2,1H3,(H2,25,26,27). The topological polar surface area (TPSA) is 58.1 Å². The number of ether oxygens (including phenoxy) is 2. The Morgan fingerprint density at radius 2 is 2.00 bits per heavy atom. The summed E-state index contributed by atoms with van der Waals surface area (Å²) in [6.45, 7) is 5.42. The Hall–Kier alpha value is -2.00. The predicted octanol–water partition coefficient (Wildman–Crippen LogP) is 2.75. The predicted molar refractivity (Wildman–Crippen MR) is 110 cm³/mol. The van der Waals surface area contributed by atoms with E-state index in [1.54, 1.807) is 7.05 Å². The van der Waals surface area contributed by atoms with E-state index < -0.39 is 11.7 Å². The van der Waals surface area contributed by atoms with Crippen LogP contribution >= 0.6 is 0 Å². The maximum Gasteiger partial charge on any atom is 0.419 e. The third-order valence-electron chi connectivity index (χ3n) is 5.54. The van der Waals surface area contributed by atoms with Crippen molar-refractivity contribution < 1.29 is 22.6 Å². The van der Waals surface area contributed by atoms with E-state index in [1.165, 1.54) is 18.2 Å². The van der Waals surface area contributed by atoms with Gasteiger partial charge in [0.05, 0.1) is 18.7 Å². The van der Waals surface area contributed by atoms with Crippen LogP contribution < -0.4 is 15.4 Å². The van der Waals surface area contributed by atoms with E-state index in [0.717, 1.165) is 58.2 Å². The number of nitrogens with zero attached hydrogens (tertiary/aromatic N) is 2. The molecule has 2 N–H and O–H groups in total. The van der Waals surface area contributed by atoms with E-state index in [2.05, 4.69) is 20.5 Å². The second-order valence-corrected chi connectivity index (χ2v) is 7.79. The van der Waals surface area contributed by atoms with E-state index in [9.17, 15) is 13.2 Å².